The number of H-pyrrole nitrogens is 1. The zero-order chi connectivity index (χ0) is 17.8. The molecule has 1 aliphatic heterocycles. The van der Waals surface area contributed by atoms with E-state index in [0.717, 1.165) is 29.4 Å². The second-order valence-electron chi connectivity index (χ2n) is 5.39. The highest BCUT2D eigenvalue weighted by Gasteiger charge is 2.20. The monoisotopic (exact) mass is 381 g/mol. The van der Waals surface area contributed by atoms with Gasteiger partial charge in [-0.25, -0.2) is 4.31 Å². The fourth-order valence-electron chi connectivity index (χ4n) is 2.28. The van der Waals surface area contributed by atoms with Crippen LogP contribution in [0.25, 0.3) is 0 Å². The van der Waals surface area contributed by atoms with Gasteiger partial charge in [-0.2, -0.15) is 5.10 Å². The van der Waals surface area contributed by atoms with Crippen molar-refractivity contribution < 1.29 is 14.3 Å². The Bertz CT molecular complexity index is 767. The maximum Gasteiger partial charge on any atom is 0.276 e. The number of primary amides is 1. The molecule has 3 rings (SSSR count). The van der Waals surface area contributed by atoms with E-state index in [1.165, 1.54) is 23.3 Å². The third kappa shape index (κ3) is 4.40. The Morgan fingerprint density at radius 1 is 1.44 bits per heavy atom. The molecule has 3 heterocycles. The van der Waals surface area contributed by atoms with Crippen molar-refractivity contribution in [1.82, 2.24) is 14.5 Å². The lowest BCUT2D eigenvalue weighted by Crippen LogP contribution is -2.30. The summed E-state index contributed by atoms with van der Waals surface area (Å²) in [4.78, 5) is 24.1. The minimum Gasteiger partial charge on any atom is -0.379 e. The zero-order valence-electron chi connectivity index (χ0n) is 13.7. The molecular weight excluding hydrogens is 362 g/mol. The molecule has 4 N–H and O–H groups in total. The second-order valence-corrected chi connectivity index (χ2v) is 7.84. The van der Waals surface area contributed by atoms with E-state index in [4.69, 9.17) is 10.5 Å². The van der Waals surface area contributed by atoms with Crippen molar-refractivity contribution in [3.8, 4) is 0 Å². The van der Waals surface area contributed by atoms with Crippen molar-refractivity contribution in [3.63, 3.8) is 0 Å². The van der Waals surface area contributed by atoms with Crippen LogP contribution in [0.4, 0.5) is 5.00 Å². The number of aryl methyl sites for hydroxylation is 1. The van der Waals surface area contributed by atoms with Gasteiger partial charge in [-0.05, 0) is 30.5 Å². The van der Waals surface area contributed by atoms with E-state index in [2.05, 4.69) is 19.8 Å². The summed E-state index contributed by atoms with van der Waals surface area (Å²) in [5.41, 5.74) is 6.91. The minimum absolute atomic E-state index is 0.281. The van der Waals surface area contributed by atoms with E-state index in [1.807, 2.05) is 6.92 Å². The van der Waals surface area contributed by atoms with Gasteiger partial charge in [0.2, 0.25) is 0 Å². The largest absolute Gasteiger partial charge is 0.379 e. The summed E-state index contributed by atoms with van der Waals surface area (Å²) in [6.07, 6.45) is 0.756. The number of anilines is 1. The zero-order valence-corrected chi connectivity index (χ0v) is 15.3. The van der Waals surface area contributed by atoms with Gasteiger partial charge in [0.25, 0.3) is 11.8 Å². The van der Waals surface area contributed by atoms with E-state index in [9.17, 15) is 9.59 Å². The third-order valence-electron chi connectivity index (χ3n) is 3.64. The van der Waals surface area contributed by atoms with E-state index in [-0.39, 0.29) is 11.6 Å². The molecule has 1 aliphatic rings. The maximum absolute atomic E-state index is 12.3. The Morgan fingerprint density at radius 3 is 2.84 bits per heavy atom. The van der Waals surface area contributed by atoms with Gasteiger partial charge in [0.15, 0.2) is 5.69 Å². The number of carbonyl (C=O) groups excluding carboxylic acids is 2. The molecule has 2 aromatic rings. The maximum atomic E-state index is 12.3. The van der Waals surface area contributed by atoms with Crippen molar-refractivity contribution in [2.45, 2.75) is 17.6 Å². The normalized spacial score (nSPS) is 15.2. The van der Waals surface area contributed by atoms with Crippen LogP contribution in [0.5, 0.6) is 0 Å². The average molecular weight is 381 g/mol. The number of aromatic amines is 1. The summed E-state index contributed by atoms with van der Waals surface area (Å²) >= 11 is 2.87. The van der Waals surface area contributed by atoms with E-state index < -0.39 is 5.91 Å². The molecule has 0 aliphatic carbocycles. The highest BCUT2D eigenvalue weighted by Crippen LogP contribution is 2.36. The van der Waals surface area contributed by atoms with Crippen LogP contribution in [0.3, 0.4) is 0 Å². The van der Waals surface area contributed by atoms with E-state index in [0.29, 0.717) is 23.8 Å². The SMILES string of the molecule is CCc1cc(C(=O)Nc2sc(SN3CCOCC3)cc2C(N)=O)n[nH]1. The number of hydrogen-bond donors (Lipinski definition) is 3. The quantitative estimate of drug-likeness (QED) is 0.657. The third-order valence-corrected chi connectivity index (χ3v) is 5.88. The summed E-state index contributed by atoms with van der Waals surface area (Å²) in [5.74, 6) is -0.945. The number of amides is 2. The number of nitrogens with one attached hydrogen (secondary N) is 2. The summed E-state index contributed by atoms with van der Waals surface area (Å²) in [7, 11) is 0. The van der Waals surface area contributed by atoms with Crippen molar-refractivity contribution in [2.75, 3.05) is 31.6 Å². The fourth-order valence-corrected chi connectivity index (χ4v) is 4.54. The predicted octanol–water partition coefficient (Wildman–Crippen LogP) is 1.72. The molecular formula is C15H19N5O3S2. The van der Waals surface area contributed by atoms with Gasteiger partial charge in [-0.15, -0.1) is 11.3 Å². The highest BCUT2D eigenvalue weighted by molar-refractivity contribution is 7.99. The van der Waals surface area contributed by atoms with Gasteiger partial charge in [-0.3, -0.25) is 14.7 Å². The summed E-state index contributed by atoms with van der Waals surface area (Å²) in [5, 5.41) is 9.96. The first-order chi connectivity index (χ1) is 12.1. The molecule has 0 unspecified atom stereocenters. The Kier molecular flexibility index (Phi) is 5.74. The molecule has 0 bridgehead atoms. The molecule has 2 aromatic heterocycles. The van der Waals surface area contributed by atoms with E-state index in [1.54, 1.807) is 12.1 Å². The molecule has 8 nitrogen and oxygen atoms in total. The Labute approximate surface area is 153 Å². The molecule has 0 saturated carbocycles. The lowest BCUT2D eigenvalue weighted by molar-refractivity contribution is 0.0773. The number of hydrogen-bond acceptors (Lipinski definition) is 7. The summed E-state index contributed by atoms with van der Waals surface area (Å²) < 4.78 is 8.38. The Morgan fingerprint density at radius 2 is 2.20 bits per heavy atom. The molecule has 2 amide bonds. The van der Waals surface area contributed by atoms with Crippen LogP contribution in [0.15, 0.2) is 16.3 Å². The molecule has 0 atom stereocenters. The van der Waals surface area contributed by atoms with Crippen LogP contribution in [0, 0.1) is 0 Å². The van der Waals surface area contributed by atoms with Gasteiger partial charge in [-0.1, -0.05) is 6.92 Å². The van der Waals surface area contributed by atoms with Crippen molar-refractivity contribution >= 4 is 40.1 Å². The van der Waals surface area contributed by atoms with Crippen molar-refractivity contribution in [2.24, 2.45) is 5.73 Å². The predicted molar refractivity (Wildman–Crippen MR) is 97.0 cm³/mol. The molecule has 25 heavy (non-hydrogen) atoms. The Balaban J connectivity index is 1.74. The van der Waals surface area contributed by atoms with E-state index >= 15 is 0 Å². The van der Waals surface area contributed by atoms with Gasteiger partial charge in [0, 0.05) is 18.8 Å². The van der Waals surface area contributed by atoms with Gasteiger partial charge in [0.1, 0.15) is 5.00 Å². The number of thiophene rings is 1. The molecule has 10 heteroatoms. The van der Waals surface area contributed by atoms with Gasteiger partial charge >= 0.3 is 0 Å². The molecule has 0 spiro atoms. The molecule has 0 radical (unpaired) electrons. The lowest BCUT2D eigenvalue weighted by atomic mass is 10.3. The molecule has 1 fully saturated rings. The fraction of sp³-hybridized carbons (Fsp3) is 0.400. The number of carbonyl (C=O) groups is 2. The number of morpholine rings is 1. The van der Waals surface area contributed by atoms with Crippen LogP contribution < -0.4 is 11.1 Å². The number of nitrogens with zero attached hydrogens (tertiary/aromatic N) is 2. The van der Waals surface area contributed by atoms with Crippen LogP contribution in [0.1, 0.15) is 33.5 Å². The first-order valence-corrected chi connectivity index (χ1v) is 9.45. The first kappa shape index (κ1) is 17.9. The highest BCUT2D eigenvalue weighted by atomic mass is 32.2. The molecule has 0 aromatic carbocycles. The van der Waals surface area contributed by atoms with Crippen LogP contribution in [-0.4, -0.2) is 52.6 Å². The lowest BCUT2D eigenvalue weighted by Gasteiger charge is -2.24. The van der Waals surface area contributed by atoms with Crippen molar-refractivity contribution in [1.29, 1.82) is 0 Å². The van der Waals surface area contributed by atoms with Gasteiger partial charge in [0.05, 0.1) is 23.0 Å². The number of aromatic nitrogens is 2. The van der Waals surface area contributed by atoms with Crippen molar-refractivity contribution in [3.05, 3.63) is 29.1 Å². The molecule has 134 valence electrons. The number of rotatable bonds is 6. The summed E-state index contributed by atoms with van der Waals surface area (Å²) in [6.45, 7) is 4.95. The van der Waals surface area contributed by atoms with Crippen LogP contribution in [0.2, 0.25) is 0 Å². The topological polar surface area (TPSA) is 113 Å². The average Bonchev–Trinajstić information content (AvgIpc) is 3.23. The van der Waals surface area contributed by atoms with Crippen LogP contribution >= 0.6 is 23.3 Å². The first-order valence-electron chi connectivity index (χ1n) is 7.86. The molecule has 1 saturated heterocycles. The minimum atomic E-state index is -0.573. The van der Waals surface area contributed by atoms with Gasteiger partial charge < -0.3 is 15.8 Å². The van der Waals surface area contributed by atoms with Crippen LogP contribution in [-0.2, 0) is 11.2 Å². The second kappa shape index (κ2) is 8.00. The number of nitrogens with two attached hydrogens (primary N) is 1. The standard InChI is InChI=1S/C15H19N5O3S2/c1-2-9-7-11(19-18-9)14(22)17-15-10(13(16)21)8-12(24-15)25-20-3-5-23-6-4-20/h7-8H,2-6H2,1H3,(H2,16,21)(H,17,22)(H,18,19). The Hall–Kier alpha value is -1.88. The smallest absolute Gasteiger partial charge is 0.276 e. The summed E-state index contributed by atoms with van der Waals surface area (Å²) in [6, 6.07) is 3.40. The number of ether oxygens (including phenoxy) is 1.